The largest absolute Gasteiger partial charge is 0.348 e. The first-order valence-electron chi connectivity index (χ1n) is 6.23. The van der Waals surface area contributed by atoms with E-state index in [0.29, 0.717) is 10.9 Å². The number of carbonyl (C=O) groups excluding carboxylic acids is 1. The zero-order chi connectivity index (χ0) is 15.4. The first kappa shape index (κ1) is 13.3. The third-order valence-corrected chi connectivity index (χ3v) is 2.89. The molecule has 7 heteroatoms. The fraction of sp³-hybridized carbons (Fsp3) is 0.500. The maximum Gasteiger partial charge on any atom is 0.294 e. The zero-order valence-corrected chi connectivity index (χ0v) is 11.3. The molecule has 1 N–H and O–H groups in total. The lowest BCUT2D eigenvalue weighted by atomic mass is 10.0. The molecule has 19 heavy (non-hydrogen) atoms. The predicted octanol–water partition coefficient (Wildman–Crippen LogP) is 1.33. The van der Waals surface area contributed by atoms with Crippen LogP contribution in [0.3, 0.4) is 0 Å². The molecule has 1 rings (SSSR count). The molecule has 1 heterocycles. The summed E-state index contributed by atoms with van der Waals surface area (Å²) in [5.74, 6) is -0.558. The fourth-order valence-corrected chi connectivity index (χ4v) is 1.52. The highest BCUT2D eigenvalue weighted by Crippen LogP contribution is 2.14. The molecule has 0 spiro atoms. The third kappa shape index (κ3) is 3.90. The average Bonchev–Trinajstić information content (AvgIpc) is 2.40. The Kier molecular flexibility index (Phi) is 4.27. The van der Waals surface area contributed by atoms with Crippen molar-refractivity contribution in [3.05, 3.63) is 38.7 Å². The molecule has 1 atom stereocenters. The Labute approximate surface area is 112 Å². The number of hydrogen-bond acceptors (Lipinski definition) is 5. The van der Waals surface area contributed by atoms with Crippen LogP contribution in [0.25, 0.3) is 0 Å². The van der Waals surface area contributed by atoms with Gasteiger partial charge in [-0.1, -0.05) is 0 Å². The van der Waals surface area contributed by atoms with E-state index < -0.39 is 17.0 Å². The van der Waals surface area contributed by atoms with Crippen molar-refractivity contribution >= 4 is 5.91 Å². The minimum Gasteiger partial charge on any atom is -0.348 e. The number of aromatic nitrogens is 1. The molecule has 104 valence electrons. The van der Waals surface area contributed by atoms with E-state index in [2.05, 4.69) is 9.82 Å². The molecule has 7 nitrogen and oxygen atoms in total. The molecule has 0 aliphatic rings. The van der Waals surface area contributed by atoms with E-state index in [-0.39, 0.29) is 6.61 Å². The smallest absolute Gasteiger partial charge is 0.294 e. The number of carbonyl (C=O) groups is 1. The molecule has 0 saturated heterocycles. The van der Waals surface area contributed by atoms with Gasteiger partial charge in [-0.3, -0.25) is 9.78 Å². The van der Waals surface area contributed by atoms with Crippen LogP contribution in [-0.4, -0.2) is 28.6 Å². The number of pyridine rings is 1. The monoisotopic (exact) mass is 268 g/mol. The van der Waals surface area contributed by atoms with Crippen molar-refractivity contribution in [1.29, 1.82) is 0 Å². The van der Waals surface area contributed by atoms with E-state index in [1.807, 2.05) is 13.8 Å². The number of nitrogens with one attached hydrogen (secondary N) is 1. The number of aryl methyl sites for hydroxylation is 1. The van der Waals surface area contributed by atoms with Crippen LogP contribution in [0, 0.1) is 30.9 Å². The van der Waals surface area contributed by atoms with Gasteiger partial charge in [0.15, 0.2) is 1.41 Å². The summed E-state index contributed by atoms with van der Waals surface area (Å²) in [6.07, 6.45) is 1.42. The second kappa shape index (κ2) is 6.12. The summed E-state index contributed by atoms with van der Waals surface area (Å²) in [5.41, 5.74) is 2.77. The van der Waals surface area contributed by atoms with E-state index in [1.54, 1.807) is 6.92 Å². The minimum atomic E-state index is -0.947. The fourth-order valence-electron chi connectivity index (χ4n) is 1.52. The second-order valence-electron chi connectivity index (χ2n) is 4.31. The highest BCUT2D eigenvalue weighted by molar-refractivity contribution is 5.95. The molecular weight excluding hydrogens is 250 g/mol. The highest BCUT2D eigenvalue weighted by atomic mass is 16.9. The first-order chi connectivity index (χ1) is 9.25. The van der Waals surface area contributed by atoms with Crippen molar-refractivity contribution < 1.29 is 16.1 Å². The molecule has 0 aliphatic carbocycles. The summed E-state index contributed by atoms with van der Waals surface area (Å²) < 4.78 is 7.74. The first-order valence-corrected chi connectivity index (χ1v) is 5.78. The molecule has 1 aromatic heterocycles. The predicted molar refractivity (Wildman–Crippen MR) is 68.3 cm³/mol. The number of rotatable bonds is 5. The summed E-state index contributed by atoms with van der Waals surface area (Å²) in [4.78, 5) is 30.6. The van der Waals surface area contributed by atoms with Gasteiger partial charge in [0, 0.05) is 11.9 Å². The van der Waals surface area contributed by atoms with Crippen LogP contribution in [0.4, 0.5) is 0 Å². The SMILES string of the molecule is [2H]N(C(=O)c1cnc(C)c(C)c1C)C(C)CO[N+](=O)[O-]. The Bertz CT molecular complexity index is 536. The maximum atomic E-state index is 12.2. The van der Waals surface area contributed by atoms with E-state index in [1.165, 1.54) is 13.1 Å². The Hall–Kier alpha value is -2.18. The minimum absolute atomic E-state index is 0.316. The van der Waals surface area contributed by atoms with Crippen LogP contribution in [0.2, 0.25) is 1.41 Å². The summed E-state index contributed by atoms with van der Waals surface area (Å²) in [5, 5.41) is 9.83. The molecule has 0 aliphatic heterocycles. The lowest BCUT2D eigenvalue weighted by Gasteiger charge is -2.15. The van der Waals surface area contributed by atoms with Gasteiger partial charge in [0.1, 0.15) is 6.61 Å². The number of hydrogen-bond donors (Lipinski definition) is 1. The third-order valence-electron chi connectivity index (χ3n) is 2.89. The van der Waals surface area contributed by atoms with Gasteiger partial charge < -0.3 is 10.1 Å². The molecule has 0 fully saturated rings. The standard InChI is InChI=1S/C12H17N3O4/c1-7(6-19-15(17)18)14-12(16)11-5-13-10(4)8(2)9(11)3/h5,7H,6H2,1-4H3,(H,14,16)/i/hD. The lowest BCUT2D eigenvalue weighted by Crippen LogP contribution is -2.37. The molecule has 1 amide bonds. The van der Waals surface area contributed by atoms with Crippen molar-refractivity contribution in [1.82, 2.24) is 10.3 Å². The average molecular weight is 268 g/mol. The van der Waals surface area contributed by atoms with E-state index in [4.69, 9.17) is 1.41 Å². The second-order valence-corrected chi connectivity index (χ2v) is 4.31. The van der Waals surface area contributed by atoms with Gasteiger partial charge in [0.2, 0.25) is 0 Å². The maximum absolute atomic E-state index is 12.2. The Morgan fingerprint density at radius 1 is 1.58 bits per heavy atom. The number of nitrogens with zero attached hydrogens (tertiary/aromatic N) is 2. The van der Waals surface area contributed by atoms with Crippen molar-refractivity contribution in [2.75, 3.05) is 6.61 Å². The molecule has 1 aromatic rings. The van der Waals surface area contributed by atoms with Crippen molar-refractivity contribution in [2.24, 2.45) is 0 Å². The van der Waals surface area contributed by atoms with E-state index in [0.717, 1.165) is 16.8 Å². The van der Waals surface area contributed by atoms with Crippen LogP contribution < -0.4 is 5.31 Å². The van der Waals surface area contributed by atoms with Gasteiger partial charge in [0.25, 0.3) is 11.0 Å². The molecule has 0 aromatic carbocycles. The van der Waals surface area contributed by atoms with Crippen molar-refractivity contribution in [3.63, 3.8) is 0 Å². The highest BCUT2D eigenvalue weighted by Gasteiger charge is 2.15. The van der Waals surface area contributed by atoms with Gasteiger partial charge in [-0.2, -0.15) is 0 Å². The Balaban J connectivity index is 2.89. The van der Waals surface area contributed by atoms with Gasteiger partial charge in [-0.05, 0) is 38.8 Å². The van der Waals surface area contributed by atoms with Gasteiger partial charge >= 0.3 is 0 Å². The Morgan fingerprint density at radius 2 is 2.21 bits per heavy atom. The summed E-state index contributed by atoms with van der Waals surface area (Å²) in [7, 11) is 0. The molecule has 1 unspecified atom stereocenters. The van der Waals surface area contributed by atoms with Crippen LogP contribution in [0.5, 0.6) is 0 Å². The van der Waals surface area contributed by atoms with Crippen LogP contribution in [0.1, 0.15) is 34.1 Å². The normalized spacial score (nSPS) is 12.5. The zero-order valence-electron chi connectivity index (χ0n) is 12.3. The molecular formula is C12H17N3O4. The summed E-state index contributed by atoms with van der Waals surface area (Å²) in [6, 6.07) is -0.742. The summed E-state index contributed by atoms with van der Waals surface area (Å²) in [6.45, 7) is 6.62. The quantitative estimate of drug-likeness (QED) is 0.642. The van der Waals surface area contributed by atoms with Gasteiger partial charge in [-0.25, -0.2) is 0 Å². The van der Waals surface area contributed by atoms with Crippen LogP contribution >= 0.6 is 0 Å². The Morgan fingerprint density at radius 3 is 2.79 bits per heavy atom. The lowest BCUT2D eigenvalue weighted by molar-refractivity contribution is -0.758. The van der Waals surface area contributed by atoms with Gasteiger partial charge in [0.05, 0.1) is 11.6 Å². The summed E-state index contributed by atoms with van der Waals surface area (Å²) >= 11 is 0. The van der Waals surface area contributed by atoms with Crippen LogP contribution in [0.15, 0.2) is 6.20 Å². The van der Waals surface area contributed by atoms with Crippen molar-refractivity contribution in [3.8, 4) is 0 Å². The molecule has 0 radical (unpaired) electrons. The molecule has 0 saturated carbocycles. The van der Waals surface area contributed by atoms with Crippen LogP contribution in [-0.2, 0) is 4.84 Å². The van der Waals surface area contributed by atoms with E-state index in [9.17, 15) is 14.9 Å². The molecule has 0 bridgehead atoms. The number of amides is 1. The topological polar surface area (TPSA) is 94.4 Å². The van der Waals surface area contributed by atoms with Gasteiger partial charge in [-0.15, -0.1) is 10.1 Å². The van der Waals surface area contributed by atoms with E-state index >= 15 is 0 Å². The van der Waals surface area contributed by atoms with Crippen molar-refractivity contribution in [2.45, 2.75) is 33.7 Å².